The molecule has 5 heteroatoms. The van der Waals surface area contributed by atoms with Crippen molar-refractivity contribution in [1.29, 1.82) is 0 Å². The number of amides is 1. The maximum absolute atomic E-state index is 12.0. The van der Waals surface area contributed by atoms with E-state index in [2.05, 4.69) is 6.92 Å². The third-order valence-corrected chi connectivity index (χ3v) is 3.32. The van der Waals surface area contributed by atoms with E-state index < -0.39 is 6.16 Å². The Labute approximate surface area is 144 Å². The number of unbranched alkanes of at least 4 members (excludes halogenated alkanes) is 1. The van der Waals surface area contributed by atoms with E-state index in [0.717, 1.165) is 24.8 Å². The molecule has 0 N–H and O–H groups in total. The number of rotatable bonds is 10. The summed E-state index contributed by atoms with van der Waals surface area (Å²) < 4.78 is 9.98. The van der Waals surface area contributed by atoms with Gasteiger partial charge in [-0.2, -0.15) is 0 Å². The normalized spacial score (nSPS) is 10.6. The number of hydrogen-bond donors (Lipinski definition) is 0. The Bertz CT molecular complexity index is 513. The Kier molecular flexibility index (Phi) is 10.0. The fourth-order valence-electron chi connectivity index (χ4n) is 2.01. The monoisotopic (exact) mass is 333 g/mol. The highest BCUT2D eigenvalue weighted by Crippen LogP contribution is 2.03. The van der Waals surface area contributed by atoms with E-state index in [9.17, 15) is 9.59 Å². The predicted molar refractivity (Wildman–Crippen MR) is 93.2 cm³/mol. The van der Waals surface area contributed by atoms with Crippen LogP contribution in [-0.2, 0) is 20.9 Å². The molecule has 0 bridgehead atoms. The minimum atomic E-state index is -0.719. The van der Waals surface area contributed by atoms with Crippen LogP contribution in [0.1, 0.15) is 45.1 Å². The van der Waals surface area contributed by atoms with Crippen LogP contribution in [-0.4, -0.2) is 30.1 Å². The predicted octanol–water partition coefficient (Wildman–Crippen LogP) is 4.28. The molecule has 1 aromatic carbocycles. The van der Waals surface area contributed by atoms with E-state index in [-0.39, 0.29) is 19.1 Å². The van der Waals surface area contributed by atoms with Gasteiger partial charge in [0.15, 0.2) is 0 Å². The summed E-state index contributed by atoms with van der Waals surface area (Å²) in [6, 6.07) is 9.41. The summed E-state index contributed by atoms with van der Waals surface area (Å²) in [5.74, 6) is 0.0915. The number of nitrogens with zero attached hydrogens (tertiary/aromatic N) is 1. The average molecular weight is 333 g/mol. The summed E-state index contributed by atoms with van der Waals surface area (Å²) in [6.07, 6.45) is 5.94. The number of hydrogen-bond acceptors (Lipinski definition) is 4. The van der Waals surface area contributed by atoms with Crippen LogP contribution < -0.4 is 0 Å². The van der Waals surface area contributed by atoms with Crippen molar-refractivity contribution in [3.05, 3.63) is 48.2 Å². The highest BCUT2D eigenvalue weighted by Gasteiger charge is 2.09. The molecule has 132 valence electrons. The van der Waals surface area contributed by atoms with Gasteiger partial charge in [-0.15, -0.1) is 0 Å². The maximum atomic E-state index is 12.0. The lowest BCUT2D eigenvalue weighted by atomic mass is 10.2. The van der Waals surface area contributed by atoms with E-state index in [1.165, 1.54) is 0 Å². The number of carbonyl (C=O) groups excluding carboxylic acids is 2. The van der Waals surface area contributed by atoms with Crippen molar-refractivity contribution in [2.75, 3.05) is 13.2 Å². The van der Waals surface area contributed by atoms with Gasteiger partial charge in [0.1, 0.15) is 13.2 Å². The molecule has 1 rings (SSSR count). The molecule has 0 aliphatic rings. The van der Waals surface area contributed by atoms with Crippen LogP contribution in [0.4, 0.5) is 4.79 Å². The minimum absolute atomic E-state index is 0.0790. The van der Waals surface area contributed by atoms with Gasteiger partial charge in [-0.3, -0.25) is 4.79 Å². The second kappa shape index (κ2) is 12.2. The maximum Gasteiger partial charge on any atom is 0.508 e. The van der Waals surface area contributed by atoms with Gasteiger partial charge in [0, 0.05) is 19.2 Å². The molecule has 0 saturated carbocycles. The number of carbonyl (C=O) groups is 2. The number of ether oxygens (including phenoxy) is 2. The highest BCUT2D eigenvalue weighted by molar-refractivity contribution is 5.77. The van der Waals surface area contributed by atoms with E-state index >= 15 is 0 Å². The van der Waals surface area contributed by atoms with Crippen LogP contribution in [0, 0.1) is 0 Å². The van der Waals surface area contributed by atoms with Crippen LogP contribution in [0.5, 0.6) is 0 Å². The van der Waals surface area contributed by atoms with Crippen molar-refractivity contribution in [3.63, 3.8) is 0 Å². The van der Waals surface area contributed by atoms with Crippen molar-refractivity contribution in [2.24, 2.45) is 0 Å². The topological polar surface area (TPSA) is 55.8 Å². The molecule has 0 aromatic heterocycles. The van der Waals surface area contributed by atoms with Crippen molar-refractivity contribution in [1.82, 2.24) is 4.90 Å². The van der Waals surface area contributed by atoms with Gasteiger partial charge in [-0.1, -0.05) is 50.6 Å². The van der Waals surface area contributed by atoms with Crippen molar-refractivity contribution in [2.45, 2.75) is 46.1 Å². The van der Waals surface area contributed by atoms with Gasteiger partial charge >= 0.3 is 6.16 Å². The number of benzene rings is 1. The fraction of sp³-hybridized carbons (Fsp3) is 0.474. The molecular formula is C19H27NO4. The Hall–Kier alpha value is -2.30. The molecule has 0 aliphatic carbocycles. The summed E-state index contributed by atoms with van der Waals surface area (Å²) in [5.41, 5.74) is 0.904. The van der Waals surface area contributed by atoms with Gasteiger partial charge < -0.3 is 14.4 Å². The van der Waals surface area contributed by atoms with E-state index in [1.54, 1.807) is 17.2 Å². The fourth-order valence-corrected chi connectivity index (χ4v) is 2.01. The summed E-state index contributed by atoms with van der Waals surface area (Å²) in [7, 11) is 0. The Balaban J connectivity index is 2.32. The van der Waals surface area contributed by atoms with Crippen molar-refractivity contribution >= 4 is 12.1 Å². The molecule has 0 fully saturated rings. The molecule has 1 amide bonds. The van der Waals surface area contributed by atoms with Gasteiger partial charge in [0.25, 0.3) is 0 Å². The molecule has 0 spiro atoms. The SMILES string of the molecule is CCCCN(/C=C/COC(=O)OCc1ccccc1)C(=O)CCC. The lowest BCUT2D eigenvalue weighted by Crippen LogP contribution is -2.26. The van der Waals surface area contributed by atoms with Crippen LogP contribution in [0.3, 0.4) is 0 Å². The third-order valence-electron chi connectivity index (χ3n) is 3.32. The zero-order valence-electron chi connectivity index (χ0n) is 14.6. The molecule has 0 aliphatic heterocycles. The van der Waals surface area contributed by atoms with Crippen LogP contribution in [0.15, 0.2) is 42.6 Å². The van der Waals surface area contributed by atoms with Gasteiger partial charge in [0.2, 0.25) is 5.91 Å². The van der Waals surface area contributed by atoms with Gasteiger partial charge in [-0.05, 0) is 24.5 Å². The second-order valence-electron chi connectivity index (χ2n) is 5.41. The minimum Gasteiger partial charge on any atom is -0.430 e. The quantitative estimate of drug-likeness (QED) is 0.600. The van der Waals surface area contributed by atoms with Gasteiger partial charge in [0.05, 0.1) is 0 Å². The smallest absolute Gasteiger partial charge is 0.430 e. The lowest BCUT2D eigenvalue weighted by molar-refractivity contribution is -0.128. The first-order chi connectivity index (χ1) is 11.7. The molecule has 0 saturated heterocycles. The van der Waals surface area contributed by atoms with Crippen molar-refractivity contribution < 1.29 is 19.1 Å². The Morgan fingerprint density at radius 3 is 2.50 bits per heavy atom. The summed E-state index contributed by atoms with van der Waals surface area (Å²) in [6.45, 7) is 5.00. The van der Waals surface area contributed by atoms with Gasteiger partial charge in [-0.25, -0.2) is 4.79 Å². The first kappa shape index (κ1) is 19.7. The van der Waals surface area contributed by atoms with Crippen LogP contribution >= 0.6 is 0 Å². The largest absolute Gasteiger partial charge is 0.508 e. The van der Waals surface area contributed by atoms with E-state index in [0.29, 0.717) is 13.0 Å². The third kappa shape index (κ3) is 8.36. The molecule has 1 aromatic rings. The molecule has 0 heterocycles. The Morgan fingerprint density at radius 2 is 1.83 bits per heavy atom. The van der Waals surface area contributed by atoms with Crippen molar-refractivity contribution in [3.8, 4) is 0 Å². The van der Waals surface area contributed by atoms with E-state index in [1.807, 2.05) is 37.3 Å². The molecule has 0 atom stereocenters. The lowest BCUT2D eigenvalue weighted by Gasteiger charge is -2.17. The first-order valence-corrected chi connectivity index (χ1v) is 8.47. The second-order valence-corrected chi connectivity index (χ2v) is 5.41. The molecule has 5 nitrogen and oxygen atoms in total. The Morgan fingerprint density at radius 1 is 1.08 bits per heavy atom. The van der Waals surface area contributed by atoms with E-state index in [4.69, 9.17) is 9.47 Å². The standard InChI is InChI=1S/C19H27NO4/c1-3-5-13-20(18(21)10-4-2)14-9-15-23-19(22)24-16-17-11-7-6-8-12-17/h6-9,11-12,14H,3-5,10,13,15-16H2,1-2H3/b14-9+. The summed E-state index contributed by atoms with van der Waals surface area (Å²) >= 11 is 0. The molecule has 24 heavy (non-hydrogen) atoms. The van der Waals surface area contributed by atoms with Crippen LogP contribution in [0.2, 0.25) is 0 Å². The zero-order chi connectivity index (χ0) is 17.6. The molecule has 0 unspecified atom stereocenters. The first-order valence-electron chi connectivity index (χ1n) is 8.47. The zero-order valence-corrected chi connectivity index (χ0v) is 14.6. The van der Waals surface area contributed by atoms with Crippen LogP contribution in [0.25, 0.3) is 0 Å². The molecular weight excluding hydrogens is 306 g/mol. The summed E-state index contributed by atoms with van der Waals surface area (Å²) in [5, 5.41) is 0. The average Bonchev–Trinajstić information content (AvgIpc) is 2.60. The summed E-state index contributed by atoms with van der Waals surface area (Å²) in [4.78, 5) is 25.2. The molecule has 0 radical (unpaired) electrons. The highest BCUT2D eigenvalue weighted by atomic mass is 16.7.